The molecular weight excluding hydrogens is 532 g/mol. The minimum absolute atomic E-state index is 0.140. The van der Waals surface area contributed by atoms with Crippen LogP contribution >= 0.6 is 0 Å². The number of ether oxygens (including phenoxy) is 4. The average molecular weight is 565 g/mol. The van der Waals surface area contributed by atoms with Crippen LogP contribution in [0.5, 0.6) is 23.0 Å². The highest BCUT2D eigenvalue weighted by Crippen LogP contribution is 2.33. The predicted octanol–water partition coefficient (Wildman–Crippen LogP) is 5.88. The summed E-state index contributed by atoms with van der Waals surface area (Å²) in [6.45, 7) is 5.59. The Morgan fingerprint density at radius 2 is 0.952 bits per heavy atom. The molecule has 2 aliphatic rings. The SMILES string of the molecule is CC(CNC(=O)c1ccc2c(c1)OCO2)c1ccc(-c2ccc(C(C)CNC(=O)c3ccc4c(c3)OCO4)cc2)cc1. The summed E-state index contributed by atoms with van der Waals surface area (Å²) in [5.74, 6) is 2.52. The van der Waals surface area contributed by atoms with Crippen molar-refractivity contribution in [2.75, 3.05) is 26.7 Å². The highest BCUT2D eigenvalue weighted by atomic mass is 16.7. The van der Waals surface area contributed by atoms with Crippen LogP contribution in [0.3, 0.4) is 0 Å². The lowest BCUT2D eigenvalue weighted by Gasteiger charge is -2.15. The molecule has 2 heterocycles. The van der Waals surface area contributed by atoms with E-state index in [0.717, 1.165) is 22.3 Å². The van der Waals surface area contributed by atoms with Gasteiger partial charge in [0.1, 0.15) is 0 Å². The summed E-state index contributed by atoms with van der Waals surface area (Å²) in [7, 11) is 0. The number of rotatable bonds is 9. The van der Waals surface area contributed by atoms with Crippen LogP contribution in [0.4, 0.5) is 0 Å². The van der Waals surface area contributed by atoms with Crippen LogP contribution in [0.2, 0.25) is 0 Å². The Bertz CT molecular complexity index is 1480. The van der Waals surface area contributed by atoms with Crippen LogP contribution in [0, 0.1) is 0 Å². The molecule has 0 aromatic heterocycles. The van der Waals surface area contributed by atoms with Crippen molar-refractivity contribution in [1.29, 1.82) is 0 Å². The summed E-state index contributed by atoms with van der Waals surface area (Å²) in [5.41, 5.74) is 5.62. The molecule has 0 radical (unpaired) electrons. The van der Waals surface area contributed by atoms with Gasteiger partial charge in [-0.15, -0.1) is 0 Å². The molecular formula is C34H32N2O6. The van der Waals surface area contributed by atoms with Gasteiger partial charge in [0.25, 0.3) is 11.8 Å². The zero-order valence-electron chi connectivity index (χ0n) is 23.5. The maximum Gasteiger partial charge on any atom is 0.251 e. The predicted molar refractivity (Wildman–Crippen MR) is 159 cm³/mol. The van der Waals surface area contributed by atoms with Gasteiger partial charge in [0.05, 0.1) is 0 Å². The van der Waals surface area contributed by atoms with E-state index in [4.69, 9.17) is 18.9 Å². The number of carbonyl (C=O) groups is 2. The van der Waals surface area contributed by atoms with Crippen molar-refractivity contribution in [3.8, 4) is 34.1 Å². The molecule has 0 fully saturated rings. The lowest BCUT2D eigenvalue weighted by atomic mass is 9.95. The molecule has 0 saturated heterocycles. The first-order chi connectivity index (χ1) is 20.4. The molecule has 214 valence electrons. The van der Waals surface area contributed by atoms with Gasteiger partial charge in [-0.25, -0.2) is 0 Å². The van der Waals surface area contributed by atoms with Crippen molar-refractivity contribution in [3.05, 3.63) is 107 Å². The van der Waals surface area contributed by atoms with E-state index < -0.39 is 0 Å². The third-order valence-corrected chi connectivity index (χ3v) is 7.70. The molecule has 6 rings (SSSR count). The van der Waals surface area contributed by atoms with E-state index in [1.807, 2.05) is 0 Å². The van der Waals surface area contributed by atoms with Crippen molar-refractivity contribution in [3.63, 3.8) is 0 Å². The van der Waals surface area contributed by atoms with Gasteiger partial charge >= 0.3 is 0 Å². The summed E-state index contributed by atoms with van der Waals surface area (Å²) < 4.78 is 21.4. The fourth-order valence-corrected chi connectivity index (χ4v) is 5.02. The maximum absolute atomic E-state index is 12.6. The zero-order valence-corrected chi connectivity index (χ0v) is 23.5. The van der Waals surface area contributed by atoms with Crippen molar-refractivity contribution in [2.24, 2.45) is 0 Å². The normalized spacial score (nSPS) is 14.2. The molecule has 2 amide bonds. The third-order valence-electron chi connectivity index (χ3n) is 7.70. The van der Waals surface area contributed by atoms with Crippen LogP contribution in [0.15, 0.2) is 84.9 Å². The van der Waals surface area contributed by atoms with Crippen molar-refractivity contribution >= 4 is 11.8 Å². The summed E-state index contributed by atoms with van der Waals surface area (Å²) in [5, 5.41) is 6.03. The largest absolute Gasteiger partial charge is 0.454 e. The highest BCUT2D eigenvalue weighted by molar-refractivity contribution is 5.95. The monoisotopic (exact) mass is 564 g/mol. The molecule has 8 nitrogen and oxygen atoms in total. The number of hydrogen-bond donors (Lipinski definition) is 2. The van der Waals surface area contributed by atoms with Crippen molar-refractivity contribution < 1.29 is 28.5 Å². The van der Waals surface area contributed by atoms with E-state index in [1.54, 1.807) is 36.4 Å². The summed E-state index contributed by atoms with van der Waals surface area (Å²) in [6, 6.07) is 27.3. The molecule has 2 atom stereocenters. The number of nitrogens with one attached hydrogen (secondary N) is 2. The molecule has 2 unspecified atom stereocenters. The molecule has 4 aromatic carbocycles. The molecule has 42 heavy (non-hydrogen) atoms. The molecule has 8 heteroatoms. The Hall–Kier alpha value is -4.98. The fraction of sp³-hybridized carbons (Fsp3) is 0.235. The van der Waals surface area contributed by atoms with Crippen LogP contribution in [0.1, 0.15) is 57.5 Å². The Kier molecular flexibility index (Phi) is 7.68. The molecule has 2 aliphatic heterocycles. The fourth-order valence-electron chi connectivity index (χ4n) is 5.02. The van der Waals surface area contributed by atoms with E-state index in [1.165, 1.54) is 0 Å². The first-order valence-electron chi connectivity index (χ1n) is 14.0. The second-order valence-electron chi connectivity index (χ2n) is 10.6. The second-order valence-corrected chi connectivity index (χ2v) is 10.6. The van der Waals surface area contributed by atoms with Gasteiger partial charge in [-0.1, -0.05) is 62.4 Å². The van der Waals surface area contributed by atoms with E-state index in [0.29, 0.717) is 47.2 Å². The minimum atomic E-state index is -0.140. The first kappa shape index (κ1) is 27.2. The van der Waals surface area contributed by atoms with Crippen LogP contribution in [-0.2, 0) is 0 Å². The quantitative estimate of drug-likeness (QED) is 0.264. The van der Waals surface area contributed by atoms with Gasteiger partial charge in [-0.05, 0) is 70.5 Å². The highest BCUT2D eigenvalue weighted by Gasteiger charge is 2.18. The van der Waals surface area contributed by atoms with E-state index in [-0.39, 0.29) is 37.2 Å². The Morgan fingerprint density at radius 3 is 1.36 bits per heavy atom. The zero-order chi connectivity index (χ0) is 29.1. The minimum Gasteiger partial charge on any atom is -0.454 e. The average Bonchev–Trinajstić information content (AvgIpc) is 3.71. The Morgan fingerprint density at radius 1 is 0.571 bits per heavy atom. The maximum atomic E-state index is 12.6. The lowest BCUT2D eigenvalue weighted by Crippen LogP contribution is -2.27. The van der Waals surface area contributed by atoms with Gasteiger partial charge in [0.15, 0.2) is 23.0 Å². The molecule has 0 aliphatic carbocycles. The topological polar surface area (TPSA) is 95.1 Å². The summed E-state index contributed by atoms with van der Waals surface area (Å²) in [4.78, 5) is 25.3. The van der Waals surface area contributed by atoms with Crippen molar-refractivity contribution in [1.82, 2.24) is 10.6 Å². The van der Waals surface area contributed by atoms with Gasteiger partial charge in [0.2, 0.25) is 13.6 Å². The third kappa shape index (κ3) is 5.88. The van der Waals surface area contributed by atoms with E-state index in [9.17, 15) is 9.59 Å². The second kappa shape index (κ2) is 11.9. The number of hydrogen-bond acceptors (Lipinski definition) is 6. The number of carbonyl (C=O) groups excluding carboxylic acids is 2. The van der Waals surface area contributed by atoms with Crippen LogP contribution in [-0.4, -0.2) is 38.5 Å². The molecule has 0 saturated carbocycles. The van der Waals surface area contributed by atoms with Crippen LogP contribution < -0.4 is 29.6 Å². The Labute approximate surface area is 244 Å². The van der Waals surface area contributed by atoms with Crippen LogP contribution in [0.25, 0.3) is 11.1 Å². The summed E-state index contributed by atoms with van der Waals surface area (Å²) >= 11 is 0. The molecule has 4 aromatic rings. The molecule has 0 bridgehead atoms. The summed E-state index contributed by atoms with van der Waals surface area (Å²) in [6.07, 6.45) is 0. The van der Waals surface area contributed by atoms with Gasteiger partial charge in [0, 0.05) is 24.2 Å². The smallest absolute Gasteiger partial charge is 0.251 e. The standard InChI is InChI=1S/C34H32N2O6/c1-21(17-35-33(37)27-11-13-29-31(15-27)41-19-39-29)23-3-7-25(8-4-23)26-9-5-24(6-10-26)22(2)18-36-34(38)28-12-14-30-32(16-28)42-20-40-30/h3-16,21-22H,17-20H2,1-2H3,(H,35,37)(H,36,38). The van der Waals surface area contributed by atoms with E-state index >= 15 is 0 Å². The van der Waals surface area contributed by atoms with E-state index in [2.05, 4.69) is 73.0 Å². The first-order valence-corrected chi connectivity index (χ1v) is 14.0. The van der Waals surface area contributed by atoms with Gasteiger partial charge < -0.3 is 29.6 Å². The Balaban J connectivity index is 1.00. The van der Waals surface area contributed by atoms with Crippen molar-refractivity contribution in [2.45, 2.75) is 25.7 Å². The molecule has 0 spiro atoms. The number of benzene rings is 4. The number of amides is 2. The number of fused-ring (bicyclic) bond motifs is 2. The molecule has 2 N–H and O–H groups in total. The lowest BCUT2D eigenvalue weighted by molar-refractivity contribution is 0.0943. The van der Waals surface area contributed by atoms with Gasteiger partial charge in [-0.2, -0.15) is 0 Å². The van der Waals surface area contributed by atoms with Gasteiger partial charge in [-0.3, -0.25) is 9.59 Å².